The van der Waals surface area contributed by atoms with E-state index >= 15 is 0 Å². The number of para-hydroxylation sites is 1. The van der Waals surface area contributed by atoms with Crippen molar-refractivity contribution in [1.29, 1.82) is 0 Å². The van der Waals surface area contributed by atoms with Crippen molar-refractivity contribution in [2.24, 2.45) is 0 Å². The summed E-state index contributed by atoms with van der Waals surface area (Å²) < 4.78 is 11.1. The maximum Gasteiger partial charge on any atom is 0.319 e. The van der Waals surface area contributed by atoms with E-state index in [1.54, 1.807) is 23.1 Å². The summed E-state index contributed by atoms with van der Waals surface area (Å²) in [6, 6.07) is 21.7. The Kier molecular flexibility index (Phi) is 5.85. The maximum absolute atomic E-state index is 13.5. The van der Waals surface area contributed by atoms with Crippen LogP contribution >= 0.6 is 0 Å². The summed E-state index contributed by atoms with van der Waals surface area (Å²) in [6.07, 6.45) is 1.20. The molecule has 2 aliphatic rings. The summed E-state index contributed by atoms with van der Waals surface area (Å²) in [6.45, 7) is 1.58. The quantitative estimate of drug-likeness (QED) is 0.629. The van der Waals surface area contributed by atoms with E-state index in [1.807, 2.05) is 54.6 Å². The highest BCUT2D eigenvalue weighted by molar-refractivity contribution is 6.02. The van der Waals surface area contributed by atoms with E-state index in [-0.39, 0.29) is 5.91 Å². The molecule has 3 aromatic rings. The first-order chi connectivity index (χ1) is 16.2. The van der Waals surface area contributed by atoms with Crippen LogP contribution in [0.1, 0.15) is 11.1 Å². The number of urea groups is 1. The summed E-state index contributed by atoms with van der Waals surface area (Å²) in [5.74, 6) is 1.11. The lowest BCUT2D eigenvalue weighted by Crippen LogP contribution is -2.50. The molecule has 0 aromatic heterocycles. The van der Waals surface area contributed by atoms with Gasteiger partial charge in [0, 0.05) is 30.4 Å². The molecule has 168 valence electrons. The van der Waals surface area contributed by atoms with Crippen molar-refractivity contribution in [3.8, 4) is 11.5 Å². The van der Waals surface area contributed by atoms with Crippen molar-refractivity contribution < 1.29 is 19.1 Å². The Morgan fingerprint density at radius 2 is 1.67 bits per heavy atom. The van der Waals surface area contributed by atoms with Crippen molar-refractivity contribution >= 4 is 23.3 Å². The molecule has 0 radical (unpaired) electrons. The number of benzene rings is 3. The van der Waals surface area contributed by atoms with E-state index in [1.165, 1.54) is 0 Å². The molecule has 2 aliphatic heterocycles. The predicted molar refractivity (Wildman–Crippen MR) is 126 cm³/mol. The van der Waals surface area contributed by atoms with Crippen LogP contribution in [-0.4, -0.2) is 37.7 Å². The van der Waals surface area contributed by atoms with Crippen molar-refractivity contribution in [2.75, 3.05) is 30.0 Å². The van der Waals surface area contributed by atoms with Crippen LogP contribution in [0.2, 0.25) is 0 Å². The van der Waals surface area contributed by atoms with Gasteiger partial charge in [-0.05, 0) is 35.7 Å². The van der Waals surface area contributed by atoms with Crippen LogP contribution in [0.15, 0.2) is 72.8 Å². The number of rotatable bonds is 5. The van der Waals surface area contributed by atoms with E-state index < -0.39 is 12.1 Å². The number of nitrogens with zero attached hydrogens (tertiary/aromatic N) is 1. The molecule has 0 saturated heterocycles. The zero-order valence-electron chi connectivity index (χ0n) is 18.1. The van der Waals surface area contributed by atoms with Crippen molar-refractivity contribution in [2.45, 2.75) is 18.9 Å². The lowest BCUT2D eigenvalue weighted by Gasteiger charge is -2.25. The Balaban J connectivity index is 1.33. The highest BCUT2D eigenvalue weighted by Crippen LogP contribution is 2.32. The molecular weight excluding hydrogens is 418 g/mol. The van der Waals surface area contributed by atoms with Crippen molar-refractivity contribution in [3.63, 3.8) is 0 Å². The SMILES string of the molecule is O=C(Nc1ccc2c(c1)OCCO2)NC(Cc1ccccc1)C(=O)N1CCc2ccccc21. The molecule has 1 unspecified atom stereocenters. The van der Waals surface area contributed by atoms with Gasteiger partial charge in [0.1, 0.15) is 19.3 Å². The molecule has 3 aromatic carbocycles. The molecule has 2 heterocycles. The Bertz CT molecular complexity index is 1170. The van der Waals surface area contributed by atoms with Gasteiger partial charge in [-0.1, -0.05) is 48.5 Å². The Morgan fingerprint density at radius 3 is 2.52 bits per heavy atom. The second-order valence-corrected chi connectivity index (χ2v) is 8.07. The van der Waals surface area contributed by atoms with Gasteiger partial charge in [-0.15, -0.1) is 0 Å². The van der Waals surface area contributed by atoms with E-state index in [9.17, 15) is 9.59 Å². The third-order valence-corrected chi connectivity index (χ3v) is 5.84. The van der Waals surface area contributed by atoms with Crippen LogP contribution in [-0.2, 0) is 17.6 Å². The summed E-state index contributed by atoms with van der Waals surface area (Å²) in [5, 5.41) is 5.70. The number of hydrogen-bond donors (Lipinski definition) is 2. The number of amides is 3. The first kappa shape index (κ1) is 20.9. The second-order valence-electron chi connectivity index (χ2n) is 8.07. The fraction of sp³-hybridized carbons (Fsp3) is 0.231. The molecule has 7 nitrogen and oxygen atoms in total. The summed E-state index contributed by atoms with van der Waals surface area (Å²) in [5.41, 5.74) is 3.59. The number of fused-ring (bicyclic) bond motifs is 2. The van der Waals surface area contributed by atoms with Gasteiger partial charge in [-0.3, -0.25) is 4.79 Å². The lowest BCUT2D eigenvalue weighted by atomic mass is 10.0. The van der Waals surface area contributed by atoms with E-state index in [2.05, 4.69) is 10.6 Å². The molecule has 3 amide bonds. The van der Waals surface area contributed by atoms with Gasteiger partial charge in [0.15, 0.2) is 11.5 Å². The van der Waals surface area contributed by atoms with Gasteiger partial charge in [0.25, 0.3) is 0 Å². The maximum atomic E-state index is 13.5. The standard InChI is InChI=1S/C26H25N3O4/c30-25(29-13-12-19-8-4-5-9-22(19)29)21(16-18-6-2-1-3-7-18)28-26(31)27-20-10-11-23-24(17-20)33-15-14-32-23/h1-11,17,21H,12-16H2,(H2,27,28,31). The summed E-state index contributed by atoms with van der Waals surface area (Å²) in [7, 11) is 0. The highest BCUT2D eigenvalue weighted by Gasteiger charge is 2.31. The smallest absolute Gasteiger partial charge is 0.319 e. The van der Waals surface area contributed by atoms with Crippen molar-refractivity contribution in [3.05, 3.63) is 83.9 Å². The predicted octanol–water partition coefficient (Wildman–Crippen LogP) is 3.78. The van der Waals surface area contributed by atoms with Gasteiger partial charge in [0.05, 0.1) is 0 Å². The van der Waals surface area contributed by atoms with Gasteiger partial charge >= 0.3 is 6.03 Å². The molecule has 0 aliphatic carbocycles. The van der Waals surface area contributed by atoms with Crippen LogP contribution < -0.4 is 25.0 Å². The first-order valence-corrected chi connectivity index (χ1v) is 11.1. The average Bonchev–Trinajstić information content (AvgIpc) is 3.28. The molecule has 5 rings (SSSR count). The zero-order valence-corrected chi connectivity index (χ0v) is 18.1. The Hall–Kier alpha value is -4.00. The minimum absolute atomic E-state index is 0.124. The monoisotopic (exact) mass is 443 g/mol. The first-order valence-electron chi connectivity index (χ1n) is 11.1. The van der Waals surface area contributed by atoms with Crippen LogP contribution in [0, 0.1) is 0 Å². The Morgan fingerprint density at radius 1 is 0.909 bits per heavy atom. The lowest BCUT2D eigenvalue weighted by molar-refractivity contribution is -0.120. The fourth-order valence-corrected chi connectivity index (χ4v) is 4.25. The molecule has 2 N–H and O–H groups in total. The molecule has 0 fully saturated rings. The number of carbonyl (C=O) groups excluding carboxylic acids is 2. The minimum atomic E-state index is -0.712. The third-order valence-electron chi connectivity index (χ3n) is 5.84. The molecule has 33 heavy (non-hydrogen) atoms. The van der Waals surface area contributed by atoms with Crippen LogP contribution in [0.3, 0.4) is 0 Å². The van der Waals surface area contributed by atoms with Gasteiger partial charge < -0.3 is 25.0 Å². The number of hydrogen-bond acceptors (Lipinski definition) is 4. The number of carbonyl (C=O) groups is 2. The van der Waals surface area contributed by atoms with E-state index in [0.29, 0.717) is 43.4 Å². The fourth-order valence-electron chi connectivity index (χ4n) is 4.25. The number of anilines is 2. The number of nitrogens with one attached hydrogen (secondary N) is 2. The molecule has 0 saturated carbocycles. The average molecular weight is 444 g/mol. The van der Waals surface area contributed by atoms with Crippen molar-refractivity contribution in [1.82, 2.24) is 5.32 Å². The second kappa shape index (κ2) is 9.24. The van der Waals surface area contributed by atoms with E-state index in [0.717, 1.165) is 23.2 Å². The van der Waals surface area contributed by atoms with Gasteiger partial charge in [-0.25, -0.2) is 4.79 Å². The molecule has 1 atom stereocenters. The van der Waals surface area contributed by atoms with Gasteiger partial charge in [0.2, 0.25) is 5.91 Å². The van der Waals surface area contributed by atoms with Gasteiger partial charge in [-0.2, -0.15) is 0 Å². The summed E-state index contributed by atoms with van der Waals surface area (Å²) >= 11 is 0. The molecule has 7 heteroatoms. The van der Waals surface area contributed by atoms with E-state index in [4.69, 9.17) is 9.47 Å². The highest BCUT2D eigenvalue weighted by atomic mass is 16.6. The third kappa shape index (κ3) is 4.62. The normalized spacial score (nSPS) is 14.8. The Labute approximate surface area is 192 Å². The van der Waals surface area contributed by atoms with Crippen LogP contribution in [0.25, 0.3) is 0 Å². The largest absolute Gasteiger partial charge is 0.486 e. The zero-order chi connectivity index (χ0) is 22.6. The molecule has 0 spiro atoms. The number of ether oxygens (including phenoxy) is 2. The summed E-state index contributed by atoms with van der Waals surface area (Å²) in [4.78, 5) is 28.2. The molecular formula is C26H25N3O4. The van der Waals surface area contributed by atoms with Crippen LogP contribution in [0.5, 0.6) is 11.5 Å². The van der Waals surface area contributed by atoms with Crippen LogP contribution in [0.4, 0.5) is 16.2 Å². The molecule has 0 bridgehead atoms. The minimum Gasteiger partial charge on any atom is -0.486 e. The topological polar surface area (TPSA) is 79.9 Å².